The smallest absolute Gasteiger partial charge is 0.171 e. The molecule has 68 heavy (non-hydrogen) atoms. The van der Waals surface area contributed by atoms with E-state index in [-0.39, 0.29) is 5.41 Å². The van der Waals surface area contributed by atoms with Gasteiger partial charge in [0.1, 0.15) is 0 Å². The van der Waals surface area contributed by atoms with E-state index < -0.39 is 7.14 Å². The molecular weight excluding hydrogens is 846 g/mol. The van der Waals surface area contributed by atoms with Gasteiger partial charge in [0, 0.05) is 38.0 Å². The van der Waals surface area contributed by atoms with Gasteiger partial charge in [-0.2, -0.15) is 0 Å². The molecule has 328 valence electrons. The molecule has 1 fully saturated rings. The third-order valence-corrected chi connectivity index (χ3v) is 16.8. The molecule has 1 aromatic heterocycles. The number of rotatable bonds is 11. The summed E-state index contributed by atoms with van der Waals surface area (Å²) in [5.41, 5.74) is 12.0. The van der Waals surface area contributed by atoms with Crippen LogP contribution in [0.3, 0.4) is 0 Å². The molecule has 0 saturated heterocycles. The highest BCUT2D eigenvalue weighted by molar-refractivity contribution is 7.85. The van der Waals surface area contributed by atoms with Gasteiger partial charge in [-0.3, -0.25) is 0 Å². The van der Waals surface area contributed by atoms with Crippen molar-refractivity contribution in [3.8, 4) is 67.5 Å². The van der Waals surface area contributed by atoms with E-state index in [2.05, 4.69) is 158 Å². The summed E-state index contributed by atoms with van der Waals surface area (Å²) in [4.78, 5) is 15.6. The van der Waals surface area contributed by atoms with Crippen molar-refractivity contribution in [2.45, 2.75) is 37.5 Å². The lowest BCUT2D eigenvalue weighted by atomic mass is 9.65. The van der Waals surface area contributed by atoms with Crippen LogP contribution in [0.25, 0.3) is 67.5 Å². The van der Waals surface area contributed by atoms with Crippen LogP contribution in [-0.4, -0.2) is 15.0 Å². The van der Waals surface area contributed by atoms with Crippen LogP contribution >= 0.6 is 7.14 Å². The summed E-state index contributed by atoms with van der Waals surface area (Å²) in [6.45, 7) is 0. The standard InChI is InChI=1S/C63H50N3OP/c67-68(55-24-10-3-11-25-55,56-26-12-4-13-27-56)57-28-18-23-52(45-57)48-35-39-53(40-36-48)63(43-16-5-17-44-63)54-41-37-51(38-42-54)61-64-60(50-33-31-47(32-34-50)46-19-6-1-7-20-46)65-62(66-61)59-30-15-14-29-58(59)49-21-8-2-9-22-49/h1-4,6-15,18-42,45H,5,16-17,43-44H2. The van der Waals surface area contributed by atoms with Crippen molar-refractivity contribution in [2.75, 3.05) is 0 Å². The van der Waals surface area contributed by atoms with Gasteiger partial charge in [0.25, 0.3) is 0 Å². The molecule has 1 aliphatic carbocycles. The molecule has 1 saturated carbocycles. The monoisotopic (exact) mass is 895 g/mol. The first kappa shape index (κ1) is 42.8. The highest BCUT2D eigenvalue weighted by Gasteiger charge is 2.36. The second kappa shape index (κ2) is 18.8. The highest BCUT2D eigenvalue weighted by Crippen LogP contribution is 2.47. The summed E-state index contributed by atoms with van der Waals surface area (Å²) in [6.07, 6.45) is 5.73. The maximum atomic E-state index is 15.3. The Morgan fingerprint density at radius 3 is 1.25 bits per heavy atom. The number of aromatic nitrogens is 3. The molecule has 5 heteroatoms. The van der Waals surface area contributed by atoms with Crippen LogP contribution in [-0.2, 0) is 9.98 Å². The first-order valence-electron chi connectivity index (χ1n) is 23.7. The van der Waals surface area contributed by atoms with E-state index in [1.165, 1.54) is 36.0 Å². The molecule has 0 N–H and O–H groups in total. The summed E-state index contributed by atoms with van der Waals surface area (Å²) < 4.78 is 15.3. The molecule has 0 amide bonds. The number of hydrogen-bond acceptors (Lipinski definition) is 4. The zero-order chi connectivity index (χ0) is 45.8. The summed E-state index contributed by atoms with van der Waals surface area (Å²) >= 11 is 0. The van der Waals surface area contributed by atoms with Crippen molar-refractivity contribution in [1.82, 2.24) is 15.0 Å². The van der Waals surface area contributed by atoms with Crippen molar-refractivity contribution < 1.29 is 4.57 Å². The van der Waals surface area contributed by atoms with Crippen LogP contribution in [0.5, 0.6) is 0 Å². The van der Waals surface area contributed by atoms with Gasteiger partial charge in [0.15, 0.2) is 24.6 Å². The first-order valence-corrected chi connectivity index (χ1v) is 25.4. The molecule has 10 aromatic rings. The fourth-order valence-corrected chi connectivity index (χ4v) is 12.9. The maximum absolute atomic E-state index is 15.3. The van der Waals surface area contributed by atoms with Crippen molar-refractivity contribution in [3.63, 3.8) is 0 Å². The minimum atomic E-state index is -3.11. The van der Waals surface area contributed by atoms with Gasteiger partial charge in [-0.05, 0) is 63.4 Å². The lowest BCUT2D eigenvalue weighted by molar-refractivity contribution is 0.346. The van der Waals surface area contributed by atoms with E-state index in [4.69, 9.17) is 15.0 Å². The van der Waals surface area contributed by atoms with Gasteiger partial charge in [0.05, 0.1) is 0 Å². The van der Waals surface area contributed by atoms with Gasteiger partial charge in [-0.25, -0.2) is 15.0 Å². The number of benzene rings is 9. The van der Waals surface area contributed by atoms with Crippen LogP contribution in [0.4, 0.5) is 0 Å². The highest BCUT2D eigenvalue weighted by atomic mass is 31.2. The Hall–Kier alpha value is -7.78. The molecule has 4 nitrogen and oxygen atoms in total. The van der Waals surface area contributed by atoms with Crippen LogP contribution in [0.1, 0.15) is 43.2 Å². The number of hydrogen-bond donors (Lipinski definition) is 0. The molecule has 0 radical (unpaired) electrons. The van der Waals surface area contributed by atoms with Gasteiger partial charge in [-0.1, -0.05) is 256 Å². The fourth-order valence-electron chi connectivity index (χ4n) is 10.2. The molecule has 0 unspecified atom stereocenters. The summed E-state index contributed by atoms with van der Waals surface area (Å²) in [5.74, 6) is 1.91. The summed E-state index contributed by atoms with van der Waals surface area (Å²) in [5, 5.41) is 2.50. The molecule has 0 bridgehead atoms. The summed E-state index contributed by atoms with van der Waals surface area (Å²) in [6, 6.07) is 84.0. The van der Waals surface area contributed by atoms with Crippen molar-refractivity contribution in [1.29, 1.82) is 0 Å². The minimum Gasteiger partial charge on any atom is -0.309 e. The van der Waals surface area contributed by atoms with Crippen molar-refractivity contribution in [3.05, 3.63) is 254 Å². The Bertz CT molecular complexity index is 3310. The average molecular weight is 896 g/mol. The van der Waals surface area contributed by atoms with Crippen LogP contribution in [0, 0.1) is 0 Å². The topological polar surface area (TPSA) is 55.7 Å². The van der Waals surface area contributed by atoms with Gasteiger partial charge in [0.2, 0.25) is 0 Å². The third-order valence-electron chi connectivity index (χ3n) is 13.8. The largest absolute Gasteiger partial charge is 0.309 e. The minimum absolute atomic E-state index is 0.127. The third kappa shape index (κ3) is 8.34. The lowest BCUT2D eigenvalue weighted by Crippen LogP contribution is -2.30. The summed E-state index contributed by atoms with van der Waals surface area (Å²) in [7, 11) is -3.11. The van der Waals surface area contributed by atoms with Gasteiger partial charge < -0.3 is 4.57 Å². The molecular formula is C63H50N3OP. The predicted molar refractivity (Wildman–Crippen MR) is 282 cm³/mol. The SMILES string of the molecule is O=P(c1ccccc1)(c1ccccc1)c1cccc(-c2ccc(C3(c4ccc(-c5nc(-c6ccc(-c7ccccc7)cc6)nc(-c6ccccc6-c6ccccc6)n5)cc4)CCCCC3)cc2)c1. The van der Waals surface area contributed by atoms with Crippen LogP contribution < -0.4 is 15.9 Å². The molecule has 0 aliphatic heterocycles. The first-order chi connectivity index (χ1) is 33.5. The van der Waals surface area contributed by atoms with Crippen molar-refractivity contribution in [2.24, 2.45) is 0 Å². The quantitative estimate of drug-likeness (QED) is 0.121. The molecule has 9 aromatic carbocycles. The Balaban J connectivity index is 0.943. The normalized spacial score (nSPS) is 13.5. The van der Waals surface area contributed by atoms with E-state index in [1.807, 2.05) is 84.9 Å². The van der Waals surface area contributed by atoms with E-state index >= 15 is 4.57 Å². The fraction of sp³-hybridized carbons (Fsp3) is 0.0952. The molecule has 11 rings (SSSR count). The zero-order valence-corrected chi connectivity index (χ0v) is 38.7. The lowest BCUT2D eigenvalue weighted by Gasteiger charge is -2.39. The Kier molecular flexibility index (Phi) is 11.9. The average Bonchev–Trinajstić information content (AvgIpc) is 3.44. The molecule has 0 spiro atoms. The van der Waals surface area contributed by atoms with E-state index in [0.717, 1.165) is 73.3 Å². The van der Waals surface area contributed by atoms with E-state index in [9.17, 15) is 0 Å². The Labute approximate surface area is 399 Å². The van der Waals surface area contributed by atoms with E-state index in [0.29, 0.717) is 17.5 Å². The van der Waals surface area contributed by atoms with E-state index in [1.54, 1.807) is 0 Å². The molecule has 1 heterocycles. The molecule has 0 atom stereocenters. The number of nitrogens with zero attached hydrogens (tertiary/aromatic N) is 3. The van der Waals surface area contributed by atoms with Gasteiger partial charge in [-0.15, -0.1) is 0 Å². The Morgan fingerprint density at radius 2 is 0.691 bits per heavy atom. The second-order valence-corrected chi connectivity index (χ2v) is 20.6. The Morgan fingerprint density at radius 1 is 0.309 bits per heavy atom. The van der Waals surface area contributed by atoms with Crippen LogP contribution in [0.15, 0.2) is 243 Å². The van der Waals surface area contributed by atoms with Crippen LogP contribution in [0.2, 0.25) is 0 Å². The molecule has 1 aliphatic rings. The predicted octanol–water partition coefficient (Wildman–Crippen LogP) is 14.8. The second-order valence-electron chi connectivity index (χ2n) is 17.8. The zero-order valence-electron chi connectivity index (χ0n) is 37.8. The van der Waals surface area contributed by atoms with Crippen molar-refractivity contribution >= 4 is 23.1 Å². The van der Waals surface area contributed by atoms with Gasteiger partial charge >= 0.3 is 0 Å². The maximum Gasteiger partial charge on any atom is 0.171 e.